The normalized spacial score (nSPS) is 28.2. The van der Waals surface area contributed by atoms with Crippen LogP contribution in [-0.4, -0.2) is 208 Å². The number of nitrogens with one attached hydrogen (secondary N) is 2. The van der Waals surface area contributed by atoms with Crippen LogP contribution in [0, 0.1) is 0 Å². The lowest BCUT2D eigenvalue weighted by molar-refractivity contribution is -0.374. The van der Waals surface area contributed by atoms with Gasteiger partial charge in [0, 0.05) is 41.4 Å². The Hall–Kier alpha value is -6.26. The highest BCUT2D eigenvalue weighted by atomic mass is 35.6. The highest BCUT2D eigenvalue weighted by molar-refractivity contribution is 6.76. The Morgan fingerprint density at radius 3 is 1.81 bits per heavy atom. The number of aliphatic hydroxyl groups excluding tert-OH is 1. The molecule has 570 valence electrons. The molecule has 6 heterocycles. The van der Waals surface area contributed by atoms with Crippen molar-refractivity contribution in [2.75, 3.05) is 40.1 Å². The third-order valence-corrected chi connectivity index (χ3v) is 19.7. The summed E-state index contributed by atoms with van der Waals surface area (Å²) in [5.41, 5.74) is 3.12. The highest BCUT2D eigenvalue weighted by Crippen LogP contribution is 2.46. The van der Waals surface area contributed by atoms with Gasteiger partial charge in [-0.25, -0.2) is 9.59 Å². The van der Waals surface area contributed by atoms with Gasteiger partial charge in [-0.3, -0.25) is 19.2 Å². The molecule has 27 nitrogen and oxygen atoms in total. The Morgan fingerprint density at radius 2 is 1.28 bits per heavy atom. The van der Waals surface area contributed by atoms with E-state index in [1.807, 2.05) is 91.0 Å². The average molecular weight is 1530 g/mol. The fourth-order valence-corrected chi connectivity index (χ4v) is 13.6. The Labute approximate surface area is 620 Å². The predicted octanol–water partition coefficient (Wildman–Crippen LogP) is 8.20. The van der Waals surface area contributed by atoms with Crippen LogP contribution in [0.4, 0.5) is 4.79 Å². The topological polar surface area (TPSA) is 321 Å². The van der Waals surface area contributed by atoms with E-state index in [4.69, 9.17) is 115 Å². The van der Waals surface area contributed by atoms with Gasteiger partial charge in [-0.15, -0.1) is 0 Å². The molecule has 2 bridgehead atoms. The molecule has 6 aliphatic rings. The van der Waals surface area contributed by atoms with Gasteiger partial charge < -0.3 is 101 Å². The molecule has 2 amide bonds. The number of hydrogen-bond donors (Lipinski definition) is 3. The molecule has 0 aromatic heterocycles. The van der Waals surface area contributed by atoms with Crippen molar-refractivity contribution < 1.29 is 119 Å². The number of halogens is 3. The zero-order chi connectivity index (χ0) is 75.0. The zero-order valence-corrected chi connectivity index (χ0v) is 62.8. The number of carbonyl (C=O) groups excluding carboxylic acids is 7. The number of benzene rings is 4. The summed E-state index contributed by atoms with van der Waals surface area (Å²) in [6, 6.07) is 34.7. The summed E-state index contributed by atoms with van der Waals surface area (Å²) in [6.45, 7) is 11.4. The van der Waals surface area contributed by atoms with Gasteiger partial charge in [-0.1, -0.05) is 176 Å². The van der Waals surface area contributed by atoms with E-state index in [2.05, 4.69) is 30.3 Å². The average Bonchev–Trinajstić information content (AvgIpc) is 0.815. The summed E-state index contributed by atoms with van der Waals surface area (Å²) in [4.78, 5) is 98.0. The van der Waals surface area contributed by atoms with Crippen LogP contribution in [-0.2, 0) is 136 Å². The van der Waals surface area contributed by atoms with E-state index in [9.17, 15) is 29.1 Å². The maximum atomic E-state index is 15.3. The number of carbonyl (C=O) groups is 7. The molecular weight excluding hydrogens is 1440 g/mol. The first-order valence-corrected chi connectivity index (χ1v) is 39.2. The van der Waals surface area contributed by atoms with Crippen LogP contribution >= 0.6 is 34.8 Å². The van der Waals surface area contributed by atoms with E-state index < -0.39 is 196 Å². The number of Topliss-reactive ketones (excluding diaryl/α,β-unsaturated/α-hetero) is 1. The number of fused-ring (bicyclic) bond motifs is 3. The molecule has 0 aliphatic carbocycles. The molecule has 31 heteroatoms. The Kier molecular flexibility index (Phi) is 29.1. The number of piperidine rings is 1. The Bertz CT molecular complexity index is 3470. The van der Waals surface area contributed by atoms with Crippen molar-refractivity contribution in [3.8, 4) is 0 Å². The molecule has 17 atom stereocenters. The van der Waals surface area contributed by atoms with Crippen molar-refractivity contribution in [3.05, 3.63) is 144 Å². The van der Waals surface area contributed by atoms with Crippen molar-refractivity contribution in [2.24, 2.45) is 0 Å². The lowest BCUT2D eigenvalue weighted by Gasteiger charge is -2.56. The fourth-order valence-electron chi connectivity index (χ4n) is 12.7. The molecule has 4 aromatic rings. The molecule has 6 aliphatic heterocycles. The molecule has 10 rings (SSSR count). The minimum atomic E-state index is -2.92. The van der Waals surface area contributed by atoms with Crippen LogP contribution in [0.5, 0.6) is 0 Å². The van der Waals surface area contributed by atoms with Crippen molar-refractivity contribution in [3.63, 3.8) is 0 Å². The second kappa shape index (κ2) is 37.0. The number of amides is 2. The van der Waals surface area contributed by atoms with Gasteiger partial charge in [0.05, 0.1) is 84.4 Å². The van der Waals surface area contributed by atoms with Crippen LogP contribution in [0.25, 0.3) is 0 Å². The third-order valence-electron chi connectivity index (χ3n) is 17.7. The largest absolute Gasteiger partial charge is 0.465 e. The van der Waals surface area contributed by atoms with Crippen molar-refractivity contribution in [1.82, 2.24) is 10.6 Å². The predicted molar refractivity (Wildman–Crippen MR) is 374 cm³/mol. The van der Waals surface area contributed by atoms with Gasteiger partial charge in [-0.2, -0.15) is 0 Å². The van der Waals surface area contributed by atoms with E-state index in [0.717, 1.165) is 43.7 Å². The van der Waals surface area contributed by atoms with Crippen LogP contribution in [0.2, 0.25) is 25.7 Å². The second-order valence-electron chi connectivity index (χ2n) is 27.7. The molecular formula is C73H93Cl3N2O25Si. The lowest BCUT2D eigenvalue weighted by atomic mass is 9.83. The molecule has 104 heavy (non-hydrogen) atoms. The molecule has 0 spiro atoms. The fraction of sp³-hybridized carbons (Fsp3) is 0.575. The number of hydrogen-bond acceptors (Lipinski definition) is 25. The van der Waals surface area contributed by atoms with Gasteiger partial charge in [0.2, 0.25) is 3.79 Å². The first-order chi connectivity index (χ1) is 49.4. The van der Waals surface area contributed by atoms with Crippen LogP contribution in [0.1, 0.15) is 82.6 Å². The number of alkyl halides is 3. The molecule has 6 saturated heterocycles. The number of alkyl carbamates (subject to hydrolysis) is 1. The summed E-state index contributed by atoms with van der Waals surface area (Å²) in [5.74, 6) is -12.3. The van der Waals surface area contributed by atoms with E-state index in [1.54, 1.807) is 44.2 Å². The molecule has 0 radical (unpaired) electrons. The number of ketones is 1. The van der Waals surface area contributed by atoms with Gasteiger partial charge in [0.1, 0.15) is 67.3 Å². The number of morpholine rings is 1. The number of aliphatic hydroxyl groups is 1. The quantitative estimate of drug-likeness (QED) is 0.0169. The minimum Gasteiger partial charge on any atom is -0.465 e. The maximum Gasteiger partial charge on any atom is 0.407 e. The summed E-state index contributed by atoms with van der Waals surface area (Å²) in [5, 5.41) is 18.1. The molecule has 4 aromatic carbocycles. The monoisotopic (exact) mass is 1530 g/mol. The van der Waals surface area contributed by atoms with Gasteiger partial charge in [-0.05, 0) is 49.1 Å². The minimum absolute atomic E-state index is 0.0243. The Balaban J connectivity index is 1.15. The third kappa shape index (κ3) is 23.1. The highest BCUT2D eigenvalue weighted by Gasteiger charge is 2.67. The number of methoxy groups -OCH3 is 1. The first-order valence-electron chi connectivity index (χ1n) is 34.4. The van der Waals surface area contributed by atoms with Crippen molar-refractivity contribution in [1.29, 1.82) is 0 Å². The van der Waals surface area contributed by atoms with Gasteiger partial charge in [0.25, 0.3) is 17.5 Å². The SMILES string of the molecule is COC(=O)[C@@]1(O[C@H]2C[C@@]3(OC[C@H]4O[C@@H](OCC[Si](C)(C)C)[C@H](OCc5ccccc5)[C@@H](OCc5ccccc5)[C@@H]4OCc4ccccc4)O[C@@H]([C@H](O)[C@H]4COC(C)(C)O4)[C@@H]2NC3=O)C[C@H](OC(C)=O)[C@@H](NC(=O)OCC(Cl)(Cl)Cl)[C@H]([C@H](OC(C)=O)[C@@H](COCc2ccccc2)OC(=O)CCC(C)=O)O1. The molecule has 3 N–H and O–H groups in total. The first kappa shape index (κ1) is 81.8. The van der Waals surface area contributed by atoms with E-state index in [0.29, 0.717) is 5.56 Å². The summed E-state index contributed by atoms with van der Waals surface area (Å²) < 4.78 is 107. The van der Waals surface area contributed by atoms with Crippen LogP contribution < -0.4 is 10.6 Å². The number of ether oxygens (including phenoxy) is 17. The maximum absolute atomic E-state index is 15.3. The van der Waals surface area contributed by atoms with Crippen LogP contribution in [0.15, 0.2) is 121 Å². The molecule has 0 saturated carbocycles. The van der Waals surface area contributed by atoms with E-state index in [-0.39, 0.29) is 51.8 Å². The van der Waals surface area contributed by atoms with Crippen molar-refractivity contribution >= 4 is 84.5 Å². The lowest BCUT2D eigenvalue weighted by Crippen LogP contribution is -2.78. The van der Waals surface area contributed by atoms with Gasteiger partial charge >= 0.3 is 30.0 Å². The second-order valence-corrected chi connectivity index (χ2v) is 35.9. The smallest absolute Gasteiger partial charge is 0.407 e. The van der Waals surface area contributed by atoms with Gasteiger partial charge in [0.15, 0.2) is 24.3 Å². The summed E-state index contributed by atoms with van der Waals surface area (Å²) in [6.07, 6.45) is -22.7. The van der Waals surface area contributed by atoms with Crippen LogP contribution in [0.3, 0.4) is 0 Å². The number of rotatable bonds is 35. The molecule has 0 unspecified atom stereocenters. The van der Waals surface area contributed by atoms with E-state index >= 15 is 9.59 Å². The van der Waals surface area contributed by atoms with Crippen molar-refractivity contribution in [2.45, 2.75) is 225 Å². The number of esters is 4. The Morgan fingerprint density at radius 1 is 0.702 bits per heavy atom. The standard InChI is InChI=1S/C73H93Cl3N2O25Si/c1-44(79)30-31-56(82)98-54(40-88-36-47-22-14-10-15-23-47)61(97-46(3)81)63-57(78-69(86)93-43-73(74,75)76)51(96-45(2)80)34-72(103-63,68(85)87-6)101-52-35-71(67(84)77-58(52)62(102-71)59(83)53-41-94-70(4,5)100-53)95-42-55-60(90-37-48-24-16-11-17-25-48)64(91-38-49-26-18-12-19-27-49)65(92-39-50-28-20-13-21-29-50)66(99-55)89-32-33-104(7,8)9/h10-29,51-55,57-66,83H,30-43H2,1-9H3,(H,77,84)(H,78,86)/t51-,52-,53+,54+,55+,57+,58+,59+,60+,61+,62+,63+,64-,65+,66+,71+,72+/m0/s1. The zero-order valence-electron chi connectivity index (χ0n) is 59.5. The summed E-state index contributed by atoms with van der Waals surface area (Å²) in [7, 11) is -0.775. The van der Waals surface area contributed by atoms with E-state index in [1.165, 1.54) is 6.92 Å². The molecule has 6 fully saturated rings. The summed E-state index contributed by atoms with van der Waals surface area (Å²) >= 11 is 18.0.